The number of alkyl carbamates (subject to hydrolysis) is 1. The lowest BCUT2D eigenvalue weighted by molar-refractivity contribution is -0.138. The molecule has 0 aliphatic carbocycles. The molecular formula is C20H26N4O5S. The molecule has 2 aromatic rings. The molecular weight excluding hydrogens is 408 g/mol. The van der Waals surface area contributed by atoms with Crippen molar-refractivity contribution in [2.75, 3.05) is 11.6 Å². The average molecular weight is 435 g/mol. The van der Waals surface area contributed by atoms with Crippen molar-refractivity contribution < 1.29 is 24.2 Å². The average Bonchev–Trinajstić information content (AvgIpc) is 3.26. The first kappa shape index (κ1) is 21.8. The molecule has 2 atom stereocenters. The standard InChI is InChI=1S/C20H26N4O5S/c1-20(2,3)29-19(28)23-15(18(27)24-10-30-9-16(24)17(21)26)6-11-8-22-14-5-4-12(25)7-13(11)14/h4-5,7-8,15-16,22,25H,6,9-10H2,1-3H3,(H2,21,26)(H,23,28). The summed E-state index contributed by atoms with van der Waals surface area (Å²) in [6, 6.07) is 3.18. The lowest BCUT2D eigenvalue weighted by Gasteiger charge is -2.28. The minimum absolute atomic E-state index is 0.0936. The van der Waals surface area contributed by atoms with E-state index in [0.29, 0.717) is 11.6 Å². The molecule has 9 nitrogen and oxygen atoms in total. The molecule has 1 aromatic carbocycles. The number of aromatic amines is 1. The van der Waals surface area contributed by atoms with E-state index >= 15 is 0 Å². The normalized spacial score (nSPS) is 17.7. The number of carbonyl (C=O) groups excluding carboxylic acids is 3. The van der Waals surface area contributed by atoms with E-state index in [0.717, 1.165) is 16.5 Å². The van der Waals surface area contributed by atoms with Crippen LogP contribution in [0.1, 0.15) is 26.3 Å². The van der Waals surface area contributed by atoms with Crippen LogP contribution >= 0.6 is 11.8 Å². The number of phenolic OH excluding ortho intramolecular Hbond substituents is 1. The van der Waals surface area contributed by atoms with Gasteiger partial charge in [-0.1, -0.05) is 0 Å². The van der Waals surface area contributed by atoms with Crippen LogP contribution in [0.3, 0.4) is 0 Å². The Labute approximate surface area is 178 Å². The zero-order valence-electron chi connectivity index (χ0n) is 17.1. The van der Waals surface area contributed by atoms with Crippen LogP contribution in [0.25, 0.3) is 10.9 Å². The van der Waals surface area contributed by atoms with E-state index in [-0.39, 0.29) is 12.2 Å². The number of ether oxygens (including phenoxy) is 1. The Hall–Kier alpha value is -2.88. The number of benzene rings is 1. The molecule has 10 heteroatoms. The van der Waals surface area contributed by atoms with Crippen LogP contribution < -0.4 is 11.1 Å². The number of thioether (sulfide) groups is 1. The van der Waals surface area contributed by atoms with Gasteiger partial charge in [-0.05, 0) is 44.5 Å². The number of fused-ring (bicyclic) bond motifs is 1. The summed E-state index contributed by atoms with van der Waals surface area (Å²) < 4.78 is 5.32. The molecule has 162 valence electrons. The van der Waals surface area contributed by atoms with E-state index in [1.807, 2.05) is 0 Å². The van der Waals surface area contributed by atoms with Crippen LogP contribution in [0, 0.1) is 0 Å². The van der Waals surface area contributed by atoms with Gasteiger partial charge in [-0.2, -0.15) is 0 Å². The maximum Gasteiger partial charge on any atom is 0.408 e. The summed E-state index contributed by atoms with van der Waals surface area (Å²) in [5.74, 6) is -0.170. The number of nitrogens with one attached hydrogen (secondary N) is 2. The highest BCUT2D eigenvalue weighted by Gasteiger charge is 2.38. The summed E-state index contributed by atoms with van der Waals surface area (Å²) in [6.45, 7) is 5.18. The molecule has 3 rings (SSSR count). The number of carbonyl (C=O) groups is 3. The second kappa shape index (κ2) is 8.47. The van der Waals surface area contributed by atoms with E-state index in [2.05, 4.69) is 10.3 Å². The van der Waals surface area contributed by atoms with Gasteiger partial charge in [-0.15, -0.1) is 11.8 Å². The van der Waals surface area contributed by atoms with Crippen molar-refractivity contribution in [2.45, 2.75) is 44.9 Å². The predicted molar refractivity (Wildman–Crippen MR) is 114 cm³/mol. The molecule has 30 heavy (non-hydrogen) atoms. The topological polar surface area (TPSA) is 138 Å². The van der Waals surface area contributed by atoms with Gasteiger partial charge < -0.3 is 30.8 Å². The van der Waals surface area contributed by atoms with Crippen molar-refractivity contribution in [1.82, 2.24) is 15.2 Å². The van der Waals surface area contributed by atoms with Crippen LogP contribution in [-0.4, -0.2) is 62.2 Å². The number of amides is 3. The molecule has 1 fully saturated rings. The van der Waals surface area contributed by atoms with Crippen molar-refractivity contribution in [2.24, 2.45) is 5.73 Å². The molecule has 0 saturated carbocycles. The predicted octanol–water partition coefficient (Wildman–Crippen LogP) is 1.70. The fourth-order valence-electron chi connectivity index (χ4n) is 3.30. The fraction of sp³-hybridized carbons (Fsp3) is 0.450. The van der Waals surface area contributed by atoms with E-state index < -0.39 is 35.6 Å². The fourth-order valence-corrected chi connectivity index (χ4v) is 4.48. The maximum absolute atomic E-state index is 13.3. The summed E-state index contributed by atoms with van der Waals surface area (Å²) in [4.78, 5) is 41.9. The van der Waals surface area contributed by atoms with E-state index in [1.54, 1.807) is 45.2 Å². The minimum atomic E-state index is -0.971. The highest BCUT2D eigenvalue weighted by molar-refractivity contribution is 7.99. The first-order valence-corrected chi connectivity index (χ1v) is 10.7. The highest BCUT2D eigenvalue weighted by Crippen LogP contribution is 2.26. The Morgan fingerprint density at radius 3 is 2.80 bits per heavy atom. The highest BCUT2D eigenvalue weighted by atomic mass is 32.2. The zero-order chi connectivity index (χ0) is 22.1. The third-order valence-electron chi connectivity index (χ3n) is 4.66. The molecule has 2 unspecified atom stereocenters. The van der Waals surface area contributed by atoms with Gasteiger partial charge in [0.1, 0.15) is 23.4 Å². The Balaban J connectivity index is 1.88. The van der Waals surface area contributed by atoms with Crippen LogP contribution in [0.5, 0.6) is 5.75 Å². The van der Waals surface area contributed by atoms with Gasteiger partial charge in [0.15, 0.2) is 0 Å². The molecule has 1 saturated heterocycles. The first-order valence-electron chi connectivity index (χ1n) is 9.51. The van der Waals surface area contributed by atoms with E-state index in [9.17, 15) is 19.5 Å². The number of nitrogens with zero attached hydrogens (tertiary/aromatic N) is 1. The second-order valence-corrected chi connectivity index (χ2v) is 9.17. The zero-order valence-corrected chi connectivity index (χ0v) is 17.9. The molecule has 1 aliphatic heterocycles. The molecule has 5 N–H and O–H groups in total. The Kier molecular flexibility index (Phi) is 6.16. The Bertz CT molecular complexity index is 968. The molecule has 3 amide bonds. The van der Waals surface area contributed by atoms with Crippen LogP contribution in [0.2, 0.25) is 0 Å². The number of aromatic hydroxyl groups is 1. The number of phenols is 1. The number of hydrogen-bond acceptors (Lipinski definition) is 6. The molecule has 2 heterocycles. The monoisotopic (exact) mass is 434 g/mol. The lowest BCUT2D eigenvalue weighted by atomic mass is 10.0. The van der Waals surface area contributed by atoms with Gasteiger partial charge in [0.05, 0.1) is 5.88 Å². The Morgan fingerprint density at radius 2 is 2.13 bits per heavy atom. The summed E-state index contributed by atoms with van der Waals surface area (Å²) in [5, 5.41) is 13.2. The quantitative estimate of drug-likeness (QED) is 0.565. The third-order valence-corrected chi connectivity index (χ3v) is 5.67. The minimum Gasteiger partial charge on any atom is -0.508 e. The molecule has 0 radical (unpaired) electrons. The summed E-state index contributed by atoms with van der Waals surface area (Å²) in [5.41, 5.74) is 6.24. The lowest BCUT2D eigenvalue weighted by Crippen LogP contribution is -2.54. The molecule has 1 aliphatic rings. The second-order valence-electron chi connectivity index (χ2n) is 8.17. The largest absolute Gasteiger partial charge is 0.508 e. The van der Waals surface area contributed by atoms with Crippen molar-refractivity contribution in [1.29, 1.82) is 0 Å². The number of aromatic nitrogens is 1. The number of primary amides is 1. The van der Waals surface area contributed by atoms with Crippen molar-refractivity contribution in [3.8, 4) is 5.75 Å². The van der Waals surface area contributed by atoms with Gasteiger partial charge in [-0.25, -0.2) is 4.79 Å². The maximum atomic E-state index is 13.3. The van der Waals surface area contributed by atoms with Crippen LogP contribution in [0.15, 0.2) is 24.4 Å². The molecule has 0 bridgehead atoms. The third kappa shape index (κ3) is 4.99. The summed E-state index contributed by atoms with van der Waals surface area (Å²) in [7, 11) is 0. The summed E-state index contributed by atoms with van der Waals surface area (Å²) >= 11 is 1.43. The van der Waals surface area contributed by atoms with Gasteiger partial charge in [0.2, 0.25) is 11.8 Å². The number of nitrogens with two attached hydrogens (primary N) is 1. The van der Waals surface area contributed by atoms with Crippen molar-refractivity contribution in [3.05, 3.63) is 30.0 Å². The van der Waals surface area contributed by atoms with Crippen LogP contribution in [0.4, 0.5) is 4.79 Å². The SMILES string of the molecule is CC(C)(C)OC(=O)NC(Cc1c[nH]c2ccc(O)cc12)C(=O)N1CSCC1C(N)=O. The number of H-pyrrole nitrogens is 1. The van der Waals surface area contributed by atoms with Gasteiger partial charge in [0.25, 0.3) is 0 Å². The van der Waals surface area contributed by atoms with Crippen molar-refractivity contribution in [3.63, 3.8) is 0 Å². The van der Waals surface area contributed by atoms with Gasteiger partial charge in [0, 0.05) is 29.3 Å². The van der Waals surface area contributed by atoms with Gasteiger partial charge >= 0.3 is 6.09 Å². The van der Waals surface area contributed by atoms with E-state index in [1.165, 1.54) is 16.7 Å². The van der Waals surface area contributed by atoms with Crippen LogP contribution in [-0.2, 0) is 20.7 Å². The van der Waals surface area contributed by atoms with Crippen molar-refractivity contribution >= 4 is 40.6 Å². The number of hydrogen-bond donors (Lipinski definition) is 4. The first-order chi connectivity index (χ1) is 14.0. The Morgan fingerprint density at radius 1 is 1.40 bits per heavy atom. The summed E-state index contributed by atoms with van der Waals surface area (Å²) in [6.07, 6.45) is 1.14. The number of rotatable bonds is 5. The van der Waals surface area contributed by atoms with E-state index in [4.69, 9.17) is 10.5 Å². The smallest absolute Gasteiger partial charge is 0.408 e. The molecule has 0 spiro atoms. The van der Waals surface area contributed by atoms with Gasteiger partial charge in [-0.3, -0.25) is 9.59 Å². The molecule has 1 aromatic heterocycles.